The molecule has 0 aromatic rings. The summed E-state index contributed by atoms with van der Waals surface area (Å²) in [5.74, 6) is 0.566. The van der Waals surface area contributed by atoms with E-state index in [0.717, 1.165) is 6.42 Å². The van der Waals surface area contributed by atoms with E-state index in [9.17, 15) is 0 Å². The molecular weight excluding hydrogens is 459 g/mol. The topological polar surface area (TPSA) is 0 Å². The van der Waals surface area contributed by atoms with Crippen LogP contribution in [0.15, 0.2) is 66.6 Å². The second-order valence-electron chi connectivity index (χ2n) is 7.20. The summed E-state index contributed by atoms with van der Waals surface area (Å²) in [6.45, 7) is 14.2. The van der Waals surface area contributed by atoms with Crippen molar-refractivity contribution in [2.75, 3.05) is 0 Å². The Morgan fingerprint density at radius 3 is 2.39 bits per heavy atom. The van der Waals surface area contributed by atoms with Crippen molar-refractivity contribution in [1.29, 1.82) is 0 Å². The van der Waals surface area contributed by atoms with E-state index in [0.29, 0.717) is 30.3 Å². The summed E-state index contributed by atoms with van der Waals surface area (Å²) >= 11 is 0.659. The van der Waals surface area contributed by atoms with E-state index in [1.165, 1.54) is 11.1 Å². The van der Waals surface area contributed by atoms with Gasteiger partial charge in [-0.05, 0) is 0 Å². The molecule has 0 heterocycles. The summed E-state index contributed by atoms with van der Waals surface area (Å²) in [6.07, 6.45) is 10.6. The van der Waals surface area contributed by atoms with Crippen LogP contribution in [0.5, 0.6) is 0 Å². The number of hydrogen-bond acceptors (Lipinski definition) is 0. The molecule has 0 bridgehead atoms. The van der Waals surface area contributed by atoms with Crippen LogP contribution in [-0.2, 0) is 24.4 Å². The second-order valence-corrected chi connectivity index (χ2v) is 12.3. The molecule has 1 unspecified atom stereocenters. The minimum absolute atomic E-state index is 0.419. The Morgan fingerprint density at radius 1 is 1.13 bits per heavy atom. The van der Waals surface area contributed by atoms with Crippen molar-refractivity contribution in [1.82, 2.24) is 0 Å². The first kappa shape index (κ1) is 17.2. The van der Waals surface area contributed by atoms with Crippen LogP contribution in [0.25, 0.3) is 0 Å². The maximum absolute atomic E-state index is 2.44. The van der Waals surface area contributed by atoms with Crippen LogP contribution in [0.1, 0.15) is 34.1 Å². The van der Waals surface area contributed by atoms with Crippen molar-refractivity contribution in [3.63, 3.8) is 0 Å². The van der Waals surface area contributed by atoms with Crippen LogP contribution in [0.3, 0.4) is 0 Å². The van der Waals surface area contributed by atoms with Crippen LogP contribution >= 0.6 is 0 Å². The van der Waals surface area contributed by atoms with E-state index in [1.807, 2.05) is 0 Å². The van der Waals surface area contributed by atoms with Gasteiger partial charge in [-0.15, -0.1) is 0 Å². The van der Waals surface area contributed by atoms with E-state index < -0.39 is 8.41 Å². The first-order valence-electron chi connectivity index (χ1n) is 8.55. The van der Waals surface area contributed by atoms with Crippen molar-refractivity contribution >= 4 is 13.6 Å². The number of rotatable bonds is 1. The van der Waals surface area contributed by atoms with E-state index in [2.05, 4.69) is 65.1 Å². The minimum atomic E-state index is -0.419. The van der Waals surface area contributed by atoms with Gasteiger partial charge in [-0.3, -0.25) is 0 Å². The van der Waals surface area contributed by atoms with Crippen LogP contribution in [0.2, 0.25) is 13.1 Å². The van der Waals surface area contributed by atoms with Gasteiger partial charge in [-0.1, -0.05) is 0 Å². The molecule has 3 aliphatic rings. The third kappa shape index (κ3) is 2.72. The molecule has 0 saturated carbocycles. The second kappa shape index (κ2) is 6.37. The van der Waals surface area contributed by atoms with Crippen LogP contribution < -0.4 is 0 Å². The Hall–Kier alpha value is -0.603. The van der Waals surface area contributed by atoms with Gasteiger partial charge in [0.05, 0.1) is 0 Å². The Bertz CT molecular complexity index is 803. The Morgan fingerprint density at radius 2 is 1.83 bits per heavy atom. The molecular formula is C21H27HfSi. The van der Waals surface area contributed by atoms with Crippen molar-refractivity contribution in [2.24, 2.45) is 5.92 Å². The quantitative estimate of drug-likeness (QED) is 0.464. The molecule has 0 N–H and O–H groups in total. The predicted molar refractivity (Wildman–Crippen MR) is 102 cm³/mol. The molecule has 119 valence electrons. The molecule has 0 nitrogen and oxygen atoms in total. The standard InChI is InChI=1S/C21H25Si.Hf.2H/c1-13-10-11-18(15(13)3)20-14(2)12-17-8-7-9-19(22(5)6)16(4)21(17)20;;;/h7-10,16H,11H2,1-6H3;;;. The van der Waals surface area contributed by atoms with Gasteiger partial charge in [0.25, 0.3) is 0 Å². The normalized spacial score (nSPS) is 24.3. The Kier molecular flexibility index (Phi) is 4.77. The Labute approximate surface area is 157 Å². The van der Waals surface area contributed by atoms with Gasteiger partial charge in [0.2, 0.25) is 0 Å². The zero-order chi connectivity index (χ0) is 16.9. The SMILES string of the molecule is CC1=CCC(C2=C3C(=CC=CC(=[Si](C)C)C3C)[C]([HfH2])=C2C)=C1C. The van der Waals surface area contributed by atoms with Gasteiger partial charge in [0.1, 0.15) is 0 Å². The van der Waals surface area contributed by atoms with E-state index in [4.69, 9.17) is 0 Å². The van der Waals surface area contributed by atoms with Crippen LogP contribution in [0.4, 0.5) is 0 Å². The monoisotopic (exact) mass is 487 g/mol. The molecule has 0 aromatic heterocycles. The van der Waals surface area contributed by atoms with Gasteiger partial charge in [0, 0.05) is 0 Å². The third-order valence-electron chi connectivity index (χ3n) is 5.69. The molecule has 23 heavy (non-hydrogen) atoms. The van der Waals surface area contributed by atoms with Crippen LogP contribution in [0, 0.1) is 5.92 Å². The van der Waals surface area contributed by atoms with Gasteiger partial charge in [-0.25, -0.2) is 0 Å². The molecule has 2 heteroatoms. The van der Waals surface area contributed by atoms with E-state index in [1.54, 1.807) is 36.4 Å². The fourth-order valence-electron chi connectivity index (χ4n) is 4.12. The molecule has 0 amide bonds. The van der Waals surface area contributed by atoms with Gasteiger partial charge < -0.3 is 0 Å². The molecule has 3 aliphatic carbocycles. The molecule has 0 aromatic carbocycles. The summed E-state index contributed by atoms with van der Waals surface area (Å²) in [5, 5.41) is 1.67. The van der Waals surface area contributed by atoms with Crippen molar-refractivity contribution in [2.45, 2.75) is 47.2 Å². The molecule has 0 spiro atoms. The van der Waals surface area contributed by atoms with Gasteiger partial charge in [0.15, 0.2) is 0 Å². The molecule has 0 radical (unpaired) electrons. The molecule has 3 rings (SSSR count). The summed E-state index contributed by atoms with van der Waals surface area (Å²) < 4.78 is 1.67. The maximum atomic E-state index is 2.44. The first-order valence-corrected chi connectivity index (χ1v) is 13.6. The number of fused-ring (bicyclic) bond motifs is 1. The van der Waals surface area contributed by atoms with Crippen molar-refractivity contribution in [3.8, 4) is 0 Å². The predicted octanol–water partition coefficient (Wildman–Crippen LogP) is 4.89. The summed E-state index contributed by atoms with van der Waals surface area (Å²) in [6, 6.07) is 0. The zero-order valence-corrected chi connectivity index (χ0v) is 21.4. The van der Waals surface area contributed by atoms with Crippen molar-refractivity contribution < 1.29 is 24.4 Å². The molecule has 0 aliphatic heterocycles. The van der Waals surface area contributed by atoms with Gasteiger partial charge >= 0.3 is 158 Å². The fraction of sp³-hybridized carbons (Fsp3) is 0.381. The summed E-state index contributed by atoms with van der Waals surface area (Å²) in [7, 11) is -0.419. The third-order valence-corrected chi connectivity index (χ3v) is 10.7. The zero-order valence-electron chi connectivity index (χ0n) is 15.3. The molecule has 1 atom stereocenters. The van der Waals surface area contributed by atoms with E-state index in [-0.39, 0.29) is 0 Å². The average molecular weight is 486 g/mol. The number of allylic oxidation sites excluding steroid dienone is 12. The summed E-state index contributed by atoms with van der Waals surface area (Å²) in [4.78, 5) is 0. The van der Waals surface area contributed by atoms with Gasteiger partial charge in [-0.2, -0.15) is 0 Å². The summed E-state index contributed by atoms with van der Waals surface area (Å²) in [5.41, 5.74) is 11.0. The Balaban J connectivity index is 2.28. The molecule has 0 saturated heterocycles. The van der Waals surface area contributed by atoms with Crippen molar-refractivity contribution in [3.05, 3.63) is 66.6 Å². The first-order chi connectivity index (χ1) is 10.8. The number of hydrogen-bond donors (Lipinski definition) is 0. The van der Waals surface area contributed by atoms with E-state index >= 15 is 0 Å². The molecule has 0 fully saturated rings. The van der Waals surface area contributed by atoms with Crippen LogP contribution in [-0.4, -0.2) is 13.6 Å². The average Bonchev–Trinajstić information content (AvgIpc) is 2.87. The fourth-order valence-corrected chi connectivity index (χ4v) is 7.30.